The Hall–Kier alpha value is -3.82. The van der Waals surface area contributed by atoms with Crippen molar-refractivity contribution in [3.63, 3.8) is 0 Å². The van der Waals surface area contributed by atoms with Crippen LogP contribution in [0.1, 0.15) is 54.9 Å². The van der Waals surface area contributed by atoms with Crippen LogP contribution >= 0.6 is 11.6 Å². The second kappa shape index (κ2) is 11.7. The third-order valence-electron chi connectivity index (χ3n) is 6.87. The van der Waals surface area contributed by atoms with Crippen LogP contribution in [0.3, 0.4) is 0 Å². The van der Waals surface area contributed by atoms with E-state index < -0.39 is 5.41 Å². The van der Waals surface area contributed by atoms with Crippen molar-refractivity contribution in [2.45, 2.75) is 40.0 Å². The van der Waals surface area contributed by atoms with Crippen molar-refractivity contribution in [1.29, 1.82) is 0 Å². The summed E-state index contributed by atoms with van der Waals surface area (Å²) in [6.07, 6.45) is 0.0810. The minimum absolute atomic E-state index is 0.0463. The van der Waals surface area contributed by atoms with E-state index in [-0.39, 0.29) is 41.9 Å². The van der Waals surface area contributed by atoms with E-state index in [1.54, 1.807) is 21.5 Å². The Labute approximate surface area is 238 Å². The van der Waals surface area contributed by atoms with Crippen molar-refractivity contribution in [3.8, 4) is 5.69 Å². The molecule has 1 atom stereocenters. The van der Waals surface area contributed by atoms with Gasteiger partial charge < -0.3 is 20.4 Å². The van der Waals surface area contributed by atoms with Crippen LogP contribution in [0.15, 0.2) is 57.7 Å². The summed E-state index contributed by atoms with van der Waals surface area (Å²) in [5.74, 6) is -0.0202. The first kappa shape index (κ1) is 29.2. The molecule has 4 aromatic rings. The average molecular weight is 566 g/mol. The lowest BCUT2D eigenvalue weighted by molar-refractivity contribution is -0.118. The van der Waals surface area contributed by atoms with Crippen molar-refractivity contribution < 1.29 is 14.0 Å². The number of likely N-dealkylation sites (N-methyl/N-ethyl adjacent to an activating group) is 1. The van der Waals surface area contributed by atoms with Crippen molar-refractivity contribution >= 4 is 40.1 Å². The van der Waals surface area contributed by atoms with Crippen molar-refractivity contribution in [3.05, 3.63) is 80.9 Å². The Morgan fingerprint density at radius 3 is 2.50 bits per heavy atom. The van der Waals surface area contributed by atoms with Crippen LogP contribution in [0.2, 0.25) is 5.02 Å². The number of benzene rings is 2. The van der Waals surface area contributed by atoms with E-state index >= 15 is 0 Å². The molecule has 2 amide bonds. The smallest absolute Gasteiger partial charge is 0.295 e. The zero-order valence-electron chi connectivity index (χ0n) is 23.7. The maximum atomic E-state index is 13.6. The fourth-order valence-corrected chi connectivity index (χ4v) is 5.30. The molecule has 0 aliphatic rings. The Bertz CT molecular complexity index is 1600. The highest BCUT2D eigenvalue weighted by atomic mass is 35.5. The van der Waals surface area contributed by atoms with Gasteiger partial charge in [0.1, 0.15) is 17.0 Å². The molecule has 0 saturated heterocycles. The molecule has 0 spiro atoms. The van der Waals surface area contributed by atoms with Gasteiger partial charge in [0.2, 0.25) is 5.91 Å². The fourth-order valence-electron chi connectivity index (χ4n) is 5.08. The van der Waals surface area contributed by atoms with Crippen LogP contribution in [0.4, 0.5) is 5.69 Å². The number of para-hydroxylation sites is 1. The number of halogens is 1. The molecular weight excluding hydrogens is 530 g/mol. The largest absolute Gasteiger partial charge is 0.461 e. The van der Waals surface area contributed by atoms with Crippen molar-refractivity contribution in [2.75, 3.05) is 25.5 Å². The van der Waals surface area contributed by atoms with E-state index in [1.807, 2.05) is 78.2 Å². The van der Waals surface area contributed by atoms with Gasteiger partial charge in [-0.1, -0.05) is 50.6 Å². The van der Waals surface area contributed by atoms with E-state index in [2.05, 4.69) is 16.0 Å². The number of aryl methyl sites for hydroxylation is 1. The van der Waals surface area contributed by atoms with Crippen LogP contribution in [-0.2, 0) is 11.8 Å². The number of fused-ring (bicyclic) bond motifs is 1. The zero-order chi connectivity index (χ0) is 29.2. The summed E-state index contributed by atoms with van der Waals surface area (Å²) in [5, 5.41) is 10.1. The van der Waals surface area contributed by atoms with Gasteiger partial charge >= 0.3 is 0 Å². The highest BCUT2D eigenvalue weighted by Gasteiger charge is 2.28. The number of aromatic nitrogens is 2. The number of nitrogens with zero attached hydrogens (tertiary/aromatic N) is 2. The quantitative estimate of drug-likeness (QED) is 0.251. The van der Waals surface area contributed by atoms with Crippen molar-refractivity contribution in [2.24, 2.45) is 12.5 Å². The van der Waals surface area contributed by atoms with E-state index in [0.717, 1.165) is 11.1 Å². The Kier molecular flexibility index (Phi) is 8.56. The molecule has 0 aliphatic carbocycles. The highest BCUT2D eigenvalue weighted by Crippen LogP contribution is 2.28. The molecule has 1 unspecified atom stereocenters. The molecular formula is C30H36ClN5O4. The Morgan fingerprint density at radius 2 is 1.82 bits per heavy atom. The number of hydrogen-bond acceptors (Lipinski definition) is 5. The van der Waals surface area contributed by atoms with Gasteiger partial charge in [0.25, 0.3) is 11.5 Å². The van der Waals surface area contributed by atoms with E-state index in [0.29, 0.717) is 34.2 Å². The second-order valence-corrected chi connectivity index (χ2v) is 11.4. The average Bonchev–Trinajstić information content (AvgIpc) is 3.37. The van der Waals surface area contributed by atoms with Crippen molar-refractivity contribution in [1.82, 2.24) is 20.0 Å². The van der Waals surface area contributed by atoms with Crippen LogP contribution < -0.4 is 21.5 Å². The molecule has 212 valence electrons. The summed E-state index contributed by atoms with van der Waals surface area (Å²) in [5.41, 5.74) is 1.58. The maximum Gasteiger partial charge on any atom is 0.295 e. The number of rotatable bonds is 10. The van der Waals surface area contributed by atoms with Gasteiger partial charge in [-0.25, -0.2) is 4.68 Å². The van der Waals surface area contributed by atoms with Crippen LogP contribution in [0.25, 0.3) is 16.7 Å². The fraction of sp³-hybridized carbons (Fsp3) is 0.367. The standard InChI is InChI=1S/C30H36ClN5O4/c1-18(16-32-5)26-25(29(39)36(35(26)6)22-10-8-7-9-11-22)34-24(37)15-30(3,4)17-33-28(38)23-14-21(31)13-20-12-19(2)40-27(20)23/h7-14,18,32H,15-17H2,1-6H3,(H,33,38)(H,34,37). The molecule has 4 rings (SSSR count). The molecule has 9 nitrogen and oxygen atoms in total. The SMILES string of the molecule is CNCC(C)c1c(NC(=O)CC(C)(C)CNC(=O)c2cc(Cl)cc3cc(C)oc23)c(=O)n(-c2ccccc2)n1C. The third-order valence-corrected chi connectivity index (χ3v) is 7.09. The second-order valence-electron chi connectivity index (χ2n) is 11.0. The first-order valence-corrected chi connectivity index (χ1v) is 13.6. The molecule has 2 aromatic carbocycles. The Balaban J connectivity index is 1.52. The van der Waals surface area contributed by atoms with Gasteiger partial charge in [-0.3, -0.25) is 19.1 Å². The third kappa shape index (κ3) is 6.16. The lowest BCUT2D eigenvalue weighted by Gasteiger charge is -2.24. The first-order chi connectivity index (χ1) is 18.9. The van der Waals surface area contributed by atoms with Crippen LogP contribution in [-0.4, -0.2) is 41.3 Å². The number of carbonyl (C=O) groups is 2. The van der Waals surface area contributed by atoms with Gasteiger partial charge in [0.05, 0.1) is 16.9 Å². The molecule has 0 radical (unpaired) electrons. The topological polar surface area (TPSA) is 110 Å². The molecule has 2 heterocycles. The molecule has 3 N–H and O–H groups in total. The van der Waals surface area contributed by atoms with E-state index in [1.165, 1.54) is 0 Å². The molecule has 0 bridgehead atoms. The Morgan fingerprint density at radius 1 is 1.12 bits per heavy atom. The van der Waals surface area contributed by atoms with Crippen LogP contribution in [0.5, 0.6) is 0 Å². The number of hydrogen-bond donors (Lipinski definition) is 3. The number of carbonyl (C=O) groups excluding carboxylic acids is 2. The van der Waals surface area contributed by atoms with Gasteiger partial charge in [0.15, 0.2) is 0 Å². The van der Waals surface area contributed by atoms with E-state index in [4.69, 9.17) is 16.0 Å². The molecule has 2 aromatic heterocycles. The summed E-state index contributed by atoms with van der Waals surface area (Å²) in [6, 6.07) is 14.5. The molecule has 0 fully saturated rings. The molecule has 40 heavy (non-hydrogen) atoms. The predicted molar refractivity (Wildman–Crippen MR) is 159 cm³/mol. The lowest BCUT2D eigenvalue weighted by Crippen LogP contribution is -2.36. The maximum absolute atomic E-state index is 13.6. The van der Waals surface area contributed by atoms with Gasteiger partial charge in [-0.2, -0.15) is 0 Å². The molecule has 0 saturated carbocycles. The first-order valence-electron chi connectivity index (χ1n) is 13.2. The summed E-state index contributed by atoms with van der Waals surface area (Å²) < 4.78 is 9.07. The molecule has 10 heteroatoms. The van der Waals surface area contributed by atoms with Crippen LogP contribution in [0, 0.1) is 12.3 Å². The van der Waals surface area contributed by atoms with E-state index in [9.17, 15) is 14.4 Å². The number of nitrogens with one attached hydrogen (secondary N) is 3. The van der Waals surface area contributed by atoms with Gasteiger partial charge in [-0.15, -0.1) is 0 Å². The van der Waals surface area contributed by atoms with Gasteiger partial charge in [-0.05, 0) is 49.7 Å². The summed E-state index contributed by atoms with van der Waals surface area (Å²) in [7, 11) is 3.66. The normalized spacial score (nSPS) is 12.5. The summed E-state index contributed by atoms with van der Waals surface area (Å²) in [4.78, 5) is 39.9. The lowest BCUT2D eigenvalue weighted by atomic mass is 9.88. The van der Waals surface area contributed by atoms with Gasteiger partial charge in [0, 0.05) is 42.9 Å². The monoisotopic (exact) mass is 565 g/mol. The highest BCUT2D eigenvalue weighted by molar-refractivity contribution is 6.32. The zero-order valence-corrected chi connectivity index (χ0v) is 24.5. The number of amides is 2. The number of anilines is 1. The minimum Gasteiger partial charge on any atom is -0.461 e. The molecule has 0 aliphatic heterocycles. The summed E-state index contributed by atoms with van der Waals surface area (Å²) >= 11 is 6.22. The minimum atomic E-state index is -0.611. The summed E-state index contributed by atoms with van der Waals surface area (Å²) in [6.45, 7) is 8.43. The predicted octanol–water partition coefficient (Wildman–Crippen LogP) is 4.99. The number of furan rings is 1.